The van der Waals surface area contributed by atoms with Crippen molar-refractivity contribution < 1.29 is 14.7 Å². The first-order chi connectivity index (χ1) is 8.32. The maximum atomic E-state index is 12.0. The number of carbonyl (C=O) groups is 2. The summed E-state index contributed by atoms with van der Waals surface area (Å²) in [4.78, 5) is 23.0. The molecule has 0 spiro atoms. The molecule has 1 amide bonds. The number of nitrogens with one attached hydrogen (secondary N) is 1. The minimum absolute atomic E-state index is 0.181. The Hall–Kier alpha value is -1.55. The van der Waals surface area contributed by atoms with E-state index in [1.54, 1.807) is 39.0 Å². The van der Waals surface area contributed by atoms with Gasteiger partial charge < -0.3 is 10.4 Å². The summed E-state index contributed by atoms with van der Waals surface area (Å²) in [5.41, 5.74) is 1.15. The molecule has 1 rings (SSSR count). The molecule has 0 radical (unpaired) electrons. The highest BCUT2D eigenvalue weighted by Gasteiger charge is 2.24. The SMILES string of the molecule is Cc1cc(Cl)ccc1C(=O)NC(C(=O)O)C(C)C. The van der Waals surface area contributed by atoms with Crippen LogP contribution < -0.4 is 5.32 Å². The van der Waals surface area contributed by atoms with Crippen LogP contribution in [0.15, 0.2) is 18.2 Å². The second-order valence-corrected chi connectivity index (χ2v) is 4.93. The molecule has 1 aromatic rings. The first-order valence-corrected chi connectivity index (χ1v) is 6.00. The molecule has 1 atom stereocenters. The molecule has 4 nitrogen and oxygen atoms in total. The summed E-state index contributed by atoms with van der Waals surface area (Å²) in [6, 6.07) is 3.97. The summed E-state index contributed by atoms with van der Waals surface area (Å²) < 4.78 is 0. The number of carboxylic acid groups (broad SMARTS) is 1. The zero-order chi connectivity index (χ0) is 13.9. The van der Waals surface area contributed by atoms with Gasteiger partial charge in [-0.15, -0.1) is 0 Å². The minimum Gasteiger partial charge on any atom is -0.480 e. The molecule has 0 saturated carbocycles. The van der Waals surface area contributed by atoms with E-state index in [0.717, 1.165) is 0 Å². The average molecular weight is 270 g/mol. The van der Waals surface area contributed by atoms with E-state index in [4.69, 9.17) is 16.7 Å². The number of amides is 1. The predicted octanol–water partition coefficient (Wildman–Crippen LogP) is 2.49. The number of benzene rings is 1. The monoisotopic (exact) mass is 269 g/mol. The molecule has 18 heavy (non-hydrogen) atoms. The van der Waals surface area contributed by atoms with Crippen LogP contribution in [0.5, 0.6) is 0 Å². The quantitative estimate of drug-likeness (QED) is 0.882. The van der Waals surface area contributed by atoms with Gasteiger partial charge in [0.25, 0.3) is 5.91 Å². The first kappa shape index (κ1) is 14.5. The van der Waals surface area contributed by atoms with Crippen LogP contribution in [0.3, 0.4) is 0 Å². The molecule has 0 aromatic heterocycles. The van der Waals surface area contributed by atoms with E-state index in [2.05, 4.69) is 5.32 Å². The summed E-state index contributed by atoms with van der Waals surface area (Å²) in [5, 5.41) is 12.1. The van der Waals surface area contributed by atoms with Crippen LogP contribution in [0.4, 0.5) is 0 Å². The molecule has 1 unspecified atom stereocenters. The number of hydrogen-bond acceptors (Lipinski definition) is 2. The Bertz CT molecular complexity index is 471. The van der Waals surface area contributed by atoms with Crippen molar-refractivity contribution >= 4 is 23.5 Å². The molecule has 0 fully saturated rings. The van der Waals surface area contributed by atoms with E-state index in [-0.39, 0.29) is 5.92 Å². The lowest BCUT2D eigenvalue weighted by Crippen LogP contribution is -2.44. The van der Waals surface area contributed by atoms with Crippen LogP contribution in [0.2, 0.25) is 5.02 Å². The Morgan fingerprint density at radius 1 is 1.33 bits per heavy atom. The standard InChI is InChI=1S/C13H16ClNO3/c1-7(2)11(13(17)18)15-12(16)10-5-4-9(14)6-8(10)3/h4-7,11H,1-3H3,(H,15,16)(H,17,18). The molecule has 0 aliphatic rings. The van der Waals surface area contributed by atoms with Gasteiger partial charge in [0, 0.05) is 10.6 Å². The normalized spacial score (nSPS) is 12.3. The van der Waals surface area contributed by atoms with E-state index in [9.17, 15) is 9.59 Å². The minimum atomic E-state index is -1.04. The fraction of sp³-hybridized carbons (Fsp3) is 0.385. The maximum Gasteiger partial charge on any atom is 0.326 e. The third-order valence-corrected chi connectivity index (χ3v) is 2.89. The first-order valence-electron chi connectivity index (χ1n) is 5.62. The molecule has 5 heteroatoms. The molecule has 0 saturated heterocycles. The Morgan fingerprint density at radius 3 is 2.39 bits per heavy atom. The maximum absolute atomic E-state index is 12.0. The van der Waals surface area contributed by atoms with Crippen LogP contribution in [0, 0.1) is 12.8 Å². The van der Waals surface area contributed by atoms with Gasteiger partial charge in [0.05, 0.1) is 0 Å². The van der Waals surface area contributed by atoms with Gasteiger partial charge in [-0.05, 0) is 36.6 Å². The Kier molecular flexibility index (Phi) is 4.73. The molecule has 0 heterocycles. The van der Waals surface area contributed by atoms with Gasteiger partial charge in [-0.2, -0.15) is 0 Å². The molecule has 2 N–H and O–H groups in total. The number of hydrogen-bond donors (Lipinski definition) is 2. The van der Waals surface area contributed by atoms with Crippen LogP contribution in [0.25, 0.3) is 0 Å². The third kappa shape index (κ3) is 3.47. The van der Waals surface area contributed by atoms with Gasteiger partial charge >= 0.3 is 5.97 Å². The highest BCUT2D eigenvalue weighted by molar-refractivity contribution is 6.30. The lowest BCUT2D eigenvalue weighted by Gasteiger charge is -2.18. The Morgan fingerprint density at radius 2 is 1.94 bits per heavy atom. The largest absolute Gasteiger partial charge is 0.480 e. The number of halogens is 1. The zero-order valence-electron chi connectivity index (χ0n) is 10.5. The molecular formula is C13H16ClNO3. The number of rotatable bonds is 4. The fourth-order valence-electron chi connectivity index (χ4n) is 1.61. The molecular weight excluding hydrogens is 254 g/mol. The number of carboxylic acids is 1. The van der Waals surface area contributed by atoms with E-state index >= 15 is 0 Å². The van der Waals surface area contributed by atoms with Crippen LogP contribution in [-0.4, -0.2) is 23.0 Å². The molecule has 1 aromatic carbocycles. The van der Waals surface area contributed by atoms with Gasteiger partial charge in [0.1, 0.15) is 6.04 Å². The lowest BCUT2D eigenvalue weighted by atomic mass is 10.0. The van der Waals surface area contributed by atoms with Crippen molar-refractivity contribution in [2.75, 3.05) is 0 Å². The van der Waals surface area contributed by atoms with E-state index in [0.29, 0.717) is 16.1 Å². The Balaban J connectivity index is 2.91. The van der Waals surface area contributed by atoms with Gasteiger partial charge in [0.2, 0.25) is 0 Å². The number of carbonyl (C=O) groups excluding carboxylic acids is 1. The van der Waals surface area contributed by atoms with Crippen LogP contribution in [-0.2, 0) is 4.79 Å². The van der Waals surface area contributed by atoms with Crippen molar-refractivity contribution in [3.8, 4) is 0 Å². The molecule has 98 valence electrons. The number of aryl methyl sites for hydroxylation is 1. The van der Waals surface area contributed by atoms with Crippen molar-refractivity contribution in [2.24, 2.45) is 5.92 Å². The third-order valence-electron chi connectivity index (χ3n) is 2.65. The van der Waals surface area contributed by atoms with Gasteiger partial charge in [-0.1, -0.05) is 25.4 Å². The van der Waals surface area contributed by atoms with Gasteiger partial charge in [-0.25, -0.2) is 4.79 Å². The van der Waals surface area contributed by atoms with Crippen molar-refractivity contribution in [1.29, 1.82) is 0 Å². The van der Waals surface area contributed by atoms with E-state index in [1.165, 1.54) is 0 Å². The molecule has 0 aliphatic heterocycles. The van der Waals surface area contributed by atoms with Crippen molar-refractivity contribution in [1.82, 2.24) is 5.32 Å². The van der Waals surface area contributed by atoms with Gasteiger partial charge in [-0.3, -0.25) is 4.79 Å². The highest BCUT2D eigenvalue weighted by Crippen LogP contribution is 2.15. The van der Waals surface area contributed by atoms with Crippen LogP contribution >= 0.6 is 11.6 Å². The second kappa shape index (κ2) is 5.87. The fourth-order valence-corrected chi connectivity index (χ4v) is 1.84. The second-order valence-electron chi connectivity index (χ2n) is 4.49. The summed E-state index contributed by atoms with van der Waals surface area (Å²) in [6.45, 7) is 5.24. The topological polar surface area (TPSA) is 66.4 Å². The van der Waals surface area contributed by atoms with E-state index in [1.807, 2.05) is 0 Å². The summed E-state index contributed by atoms with van der Waals surface area (Å²) in [6.07, 6.45) is 0. The van der Waals surface area contributed by atoms with Crippen molar-refractivity contribution in [2.45, 2.75) is 26.8 Å². The van der Waals surface area contributed by atoms with Crippen LogP contribution in [0.1, 0.15) is 29.8 Å². The molecule has 0 bridgehead atoms. The number of aliphatic carboxylic acids is 1. The van der Waals surface area contributed by atoms with E-state index < -0.39 is 17.9 Å². The van der Waals surface area contributed by atoms with Crippen molar-refractivity contribution in [3.05, 3.63) is 34.3 Å². The Labute approximate surface area is 111 Å². The predicted molar refractivity (Wildman–Crippen MR) is 69.9 cm³/mol. The smallest absolute Gasteiger partial charge is 0.326 e. The van der Waals surface area contributed by atoms with Crippen molar-refractivity contribution in [3.63, 3.8) is 0 Å². The highest BCUT2D eigenvalue weighted by atomic mass is 35.5. The summed E-state index contributed by atoms with van der Waals surface area (Å²) in [5.74, 6) is -1.62. The van der Waals surface area contributed by atoms with Gasteiger partial charge in [0.15, 0.2) is 0 Å². The average Bonchev–Trinajstić information content (AvgIpc) is 2.24. The summed E-state index contributed by atoms with van der Waals surface area (Å²) >= 11 is 5.80. The molecule has 0 aliphatic carbocycles. The lowest BCUT2D eigenvalue weighted by molar-refractivity contribution is -0.140. The zero-order valence-corrected chi connectivity index (χ0v) is 11.3. The summed E-state index contributed by atoms with van der Waals surface area (Å²) in [7, 11) is 0.